The van der Waals surface area contributed by atoms with E-state index >= 15 is 0 Å². The van der Waals surface area contributed by atoms with Gasteiger partial charge in [0.1, 0.15) is 18.1 Å². The third kappa shape index (κ3) is 4.09. The summed E-state index contributed by atoms with van der Waals surface area (Å²) in [4.78, 5) is 25.0. The summed E-state index contributed by atoms with van der Waals surface area (Å²) in [7, 11) is 3.43. The average molecular weight is 518 g/mol. The predicted octanol–water partition coefficient (Wildman–Crippen LogP) is 4.34. The Kier molecular flexibility index (Phi) is 6.26. The second-order valence-electron chi connectivity index (χ2n) is 10.9. The molecule has 0 amide bonds. The van der Waals surface area contributed by atoms with Crippen LogP contribution in [-0.4, -0.2) is 64.0 Å². The zero-order chi connectivity index (χ0) is 26.4. The third-order valence-electron chi connectivity index (χ3n) is 7.83. The summed E-state index contributed by atoms with van der Waals surface area (Å²) >= 11 is 0. The first-order chi connectivity index (χ1) is 18.4. The van der Waals surface area contributed by atoms with Crippen LogP contribution in [0.4, 0.5) is 0 Å². The van der Waals surface area contributed by atoms with Crippen LogP contribution in [0, 0.1) is 0 Å². The number of likely N-dealkylation sites (tertiary alicyclic amines) is 1. The highest BCUT2D eigenvalue weighted by Crippen LogP contribution is 2.47. The van der Waals surface area contributed by atoms with Gasteiger partial charge in [-0.2, -0.15) is 0 Å². The molecule has 0 aliphatic carbocycles. The van der Waals surface area contributed by atoms with Gasteiger partial charge in [0.05, 0.1) is 53.0 Å². The topological polar surface area (TPSA) is 83.6 Å². The van der Waals surface area contributed by atoms with Crippen molar-refractivity contribution in [3.05, 3.63) is 41.1 Å². The van der Waals surface area contributed by atoms with Gasteiger partial charge in [0.15, 0.2) is 0 Å². The first-order valence-corrected chi connectivity index (χ1v) is 13.4. The van der Waals surface area contributed by atoms with Crippen molar-refractivity contribution in [2.45, 2.75) is 45.1 Å². The van der Waals surface area contributed by atoms with E-state index < -0.39 is 5.54 Å². The van der Waals surface area contributed by atoms with Crippen molar-refractivity contribution in [3.8, 4) is 28.5 Å². The standard InChI is InChI=1S/C29H35N5O4/c1-29(2)18-38-27-24(19-9-10-23(31-16-19)37-14-8-13-33-11-6-5-7-12-33)22(36-4)15-20-25(27)26-21(17-30-20)32(3)28(35)34(26)29/h9-10,15-17H,5-8,11-14,18H2,1-4H3. The first kappa shape index (κ1) is 24.7. The summed E-state index contributed by atoms with van der Waals surface area (Å²) < 4.78 is 21.7. The molecule has 38 heavy (non-hydrogen) atoms. The summed E-state index contributed by atoms with van der Waals surface area (Å²) in [5.41, 5.74) is 3.30. The number of nitrogens with zero attached hydrogens (tertiary/aromatic N) is 5. The maximum Gasteiger partial charge on any atom is 0.329 e. The van der Waals surface area contributed by atoms with Gasteiger partial charge in [0, 0.05) is 37.5 Å². The molecule has 9 heteroatoms. The number of piperidine rings is 1. The number of pyridine rings is 2. The minimum atomic E-state index is -0.557. The quantitative estimate of drug-likeness (QED) is 0.337. The van der Waals surface area contributed by atoms with Crippen molar-refractivity contribution in [1.82, 2.24) is 24.0 Å². The lowest BCUT2D eigenvalue weighted by molar-refractivity contribution is 0.189. The lowest BCUT2D eigenvalue weighted by Crippen LogP contribution is -2.40. The molecule has 0 saturated carbocycles. The second kappa shape index (κ2) is 9.62. The molecule has 9 nitrogen and oxygen atoms in total. The van der Waals surface area contributed by atoms with E-state index in [2.05, 4.69) is 14.9 Å². The van der Waals surface area contributed by atoms with Gasteiger partial charge in [0.2, 0.25) is 5.88 Å². The molecule has 0 unspecified atom stereocenters. The maximum atomic E-state index is 13.3. The SMILES string of the molecule is COc1cc2ncc3c4c2c(c1-c1ccc(OCCCN2CCCCC2)nc1)OCC(C)(C)n4c(=O)n3C. The van der Waals surface area contributed by atoms with E-state index in [1.807, 2.05) is 36.6 Å². The van der Waals surface area contributed by atoms with Gasteiger partial charge < -0.3 is 19.1 Å². The molecule has 2 aliphatic rings. The van der Waals surface area contributed by atoms with Gasteiger partial charge in [-0.15, -0.1) is 0 Å². The van der Waals surface area contributed by atoms with E-state index in [0.29, 0.717) is 36.1 Å². The summed E-state index contributed by atoms with van der Waals surface area (Å²) in [5, 5.41) is 0.805. The largest absolute Gasteiger partial charge is 0.496 e. The zero-order valence-corrected chi connectivity index (χ0v) is 22.6. The van der Waals surface area contributed by atoms with Gasteiger partial charge in [0.25, 0.3) is 0 Å². The molecular weight excluding hydrogens is 482 g/mol. The van der Waals surface area contributed by atoms with E-state index in [0.717, 1.165) is 40.5 Å². The predicted molar refractivity (Wildman–Crippen MR) is 147 cm³/mol. The van der Waals surface area contributed by atoms with Gasteiger partial charge in [-0.3, -0.25) is 14.1 Å². The van der Waals surface area contributed by atoms with Crippen molar-refractivity contribution in [2.75, 3.05) is 40.0 Å². The van der Waals surface area contributed by atoms with Crippen LogP contribution in [0.25, 0.3) is 33.1 Å². The Hall–Kier alpha value is -3.59. The van der Waals surface area contributed by atoms with Crippen LogP contribution in [0.1, 0.15) is 39.5 Å². The van der Waals surface area contributed by atoms with Crippen molar-refractivity contribution >= 4 is 21.9 Å². The van der Waals surface area contributed by atoms with Gasteiger partial charge in [-0.25, -0.2) is 9.78 Å². The first-order valence-electron chi connectivity index (χ1n) is 13.4. The molecule has 1 saturated heterocycles. The van der Waals surface area contributed by atoms with Gasteiger partial charge in [-0.05, 0) is 52.3 Å². The molecule has 0 atom stereocenters. The average Bonchev–Trinajstić information content (AvgIpc) is 3.12. The number of imidazole rings is 1. The van der Waals surface area contributed by atoms with Crippen molar-refractivity contribution in [2.24, 2.45) is 7.05 Å². The van der Waals surface area contributed by atoms with E-state index in [-0.39, 0.29) is 5.69 Å². The summed E-state index contributed by atoms with van der Waals surface area (Å²) in [6.07, 6.45) is 8.48. The van der Waals surface area contributed by atoms with Crippen LogP contribution in [0.2, 0.25) is 0 Å². The molecule has 0 spiro atoms. The highest BCUT2D eigenvalue weighted by atomic mass is 16.5. The van der Waals surface area contributed by atoms with Crippen LogP contribution < -0.4 is 19.9 Å². The van der Waals surface area contributed by atoms with E-state index in [4.69, 9.17) is 14.2 Å². The number of methoxy groups -OCH3 is 1. The lowest BCUT2D eigenvalue weighted by Gasteiger charge is -2.26. The van der Waals surface area contributed by atoms with Gasteiger partial charge in [-0.1, -0.05) is 6.42 Å². The Morgan fingerprint density at radius 2 is 1.92 bits per heavy atom. The van der Waals surface area contributed by atoms with Crippen LogP contribution >= 0.6 is 0 Å². The summed E-state index contributed by atoms with van der Waals surface area (Å²) in [6, 6.07) is 5.78. The van der Waals surface area contributed by atoms with Crippen LogP contribution in [-0.2, 0) is 12.6 Å². The Labute approximate surface area is 221 Å². The number of aryl methyl sites for hydroxylation is 1. The molecule has 3 aromatic heterocycles. The Balaban J connectivity index is 1.36. The molecule has 5 heterocycles. The van der Waals surface area contributed by atoms with Crippen LogP contribution in [0.5, 0.6) is 17.4 Å². The van der Waals surface area contributed by atoms with Crippen LogP contribution in [0.3, 0.4) is 0 Å². The third-order valence-corrected chi connectivity index (χ3v) is 7.83. The second-order valence-corrected chi connectivity index (χ2v) is 10.9. The van der Waals surface area contributed by atoms with E-state index in [1.54, 1.807) is 31.1 Å². The van der Waals surface area contributed by atoms with E-state index in [1.165, 1.54) is 32.4 Å². The molecule has 0 radical (unpaired) electrons. The number of aromatic nitrogens is 4. The van der Waals surface area contributed by atoms with Crippen molar-refractivity contribution in [3.63, 3.8) is 0 Å². The summed E-state index contributed by atoms with van der Waals surface area (Å²) in [5.74, 6) is 1.89. The van der Waals surface area contributed by atoms with Crippen molar-refractivity contribution < 1.29 is 14.2 Å². The maximum absolute atomic E-state index is 13.3. The van der Waals surface area contributed by atoms with Gasteiger partial charge >= 0.3 is 5.69 Å². The number of ether oxygens (including phenoxy) is 3. The summed E-state index contributed by atoms with van der Waals surface area (Å²) in [6.45, 7) is 8.45. The Bertz CT molecular complexity index is 1550. The number of benzene rings is 1. The smallest absolute Gasteiger partial charge is 0.329 e. The fourth-order valence-corrected chi connectivity index (χ4v) is 5.81. The molecule has 6 rings (SSSR count). The molecule has 1 aromatic carbocycles. The minimum absolute atomic E-state index is 0.0865. The fraction of sp³-hybridized carbons (Fsp3) is 0.483. The molecule has 2 aliphatic heterocycles. The number of hydrogen-bond acceptors (Lipinski definition) is 7. The number of rotatable bonds is 7. The molecular formula is C29H35N5O4. The van der Waals surface area contributed by atoms with Crippen molar-refractivity contribution in [1.29, 1.82) is 0 Å². The fourth-order valence-electron chi connectivity index (χ4n) is 5.81. The Morgan fingerprint density at radius 1 is 1.11 bits per heavy atom. The number of hydrogen-bond donors (Lipinski definition) is 0. The normalized spacial score (nSPS) is 17.1. The molecule has 0 N–H and O–H groups in total. The highest BCUT2D eigenvalue weighted by Gasteiger charge is 2.34. The Morgan fingerprint density at radius 3 is 2.66 bits per heavy atom. The zero-order valence-electron chi connectivity index (χ0n) is 22.6. The van der Waals surface area contributed by atoms with Crippen LogP contribution in [0.15, 0.2) is 35.4 Å². The molecule has 4 aromatic rings. The molecule has 1 fully saturated rings. The lowest BCUT2D eigenvalue weighted by atomic mass is 10.0. The minimum Gasteiger partial charge on any atom is -0.496 e. The monoisotopic (exact) mass is 517 g/mol. The van der Waals surface area contributed by atoms with E-state index in [9.17, 15) is 4.79 Å². The molecule has 0 bridgehead atoms. The molecule has 200 valence electrons. The highest BCUT2D eigenvalue weighted by molar-refractivity contribution is 6.10.